The van der Waals surface area contributed by atoms with Crippen molar-refractivity contribution in [1.29, 1.82) is 0 Å². The summed E-state index contributed by atoms with van der Waals surface area (Å²) in [6.07, 6.45) is 0.774. The Morgan fingerprint density at radius 2 is 2.00 bits per heavy atom. The summed E-state index contributed by atoms with van der Waals surface area (Å²) in [6, 6.07) is 6.44. The summed E-state index contributed by atoms with van der Waals surface area (Å²) in [5, 5.41) is 9.01. The van der Waals surface area contributed by atoms with Crippen molar-refractivity contribution in [1.82, 2.24) is 15.2 Å². The van der Waals surface area contributed by atoms with Gasteiger partial charge in [-0.2, -0.15) is 0 Å². The second-order valence-electron chi connectivity index (χ2n) is 4.41. The summed E-state index contributed by atoms with van der Waals surface area (Å²) in [4.78, 5) is 27.4. The molecular formula is C14H16N4O3. The number of aromatic amines is 1. The van der Waals surface area contributed by atoms with E-state index in [2.05, 4.69) is 20.5 Å². The van der Waals surface area contributed by atoms with Gasteiger partial charge in [0.05, 0.1) is 12.2 Å². The average Bonchev–Trinajstić information content (AvgIpc) is 2.92. The van der Waals surface area contributed by atoms with Crippen LogP contribution in [-0.2, 0) is 4.74 Å². The molecule has 0 aliphatic heterocycles. The van der Waals surface area contributed by atoms with Crippen molar-refractivity contribution in [2.75, 3.05) is 11.9 Å². The van der Waals surface area contributed by atoms with Crippen LogP contribution in [0.4, 0.5) is 5.69 Å². The molecular weight excluding hydrogens is 272 g/mol. The molecule has 7 nitrogen and oxygen atoms in total. The number of esters is 1. The van der Waals surface area contributed by atoms with Crippen molar-refractivity contribution >= 4 is 17.6 Å². The van der Waals surface area contributed by atoms with Crippen LogP contribution in [0.2, 0.25) is 0 Å². The molecule has 1 heterocycles. The van der Waals surface area contributed by atoms with E-state index in [1.165, 1.54) is 0 Å². The Hall–Kier alpha value is -2.70. The van der Waals surface area contributed by atoms with Gasteiger partial charge in [0.15, 0.2) is 0 Å². The molecule has 0 unspecified atom stereocenters. The summed E-state index contributed by atoms with van der Waals surface area (Å²) in [5.74, 6) is -0.159. The molecule has 21 heavy (non-hydrogen) atoms. The number of aromatic nitrogens is 3. The summed E-state index contributed by atoms with van der Waals surface area (Å²) in [6.45, 7) is 4.03. The first-order valence-electron chi connectivity index (χ1n) is 6.57. The van der Waals surface area contributed by atoms with Crippen LogP contribution in [0, 0.1) is 6.92 Å². The molecule has 1 aromatic carbocycles. The number of nitrogens with one attached hydrogen (secondary N) is 2. The molecule has 0 radical (unpaired) electrons. The Balaban J connectivity index is 1.99. The Morgan fingerprint density at radius 1 is 1.29 bits per heavy atom. The van der Waals surface area contributed by atoms with Gasteiger partial charge in [-0.25, -0.2) is 9.78 Å². The molecule has 0 atom stereocenters. The predicted molar refractivity (Wildman–Crippen MR) is 76.1 cm³/mol. The molecule has 0 saturated heterocycles. The lowest BCUT2D eigenvalue weighted by Gasteiger charge is -2.05. The number of rotatable bonds is 5. The van der Waals surface area contributed by atoms with E-state index in [1.807, 2.05) is 6.92 Å². The quantitative estimate of drug-likeness (QED) is 0.819. The largest absolute Gasteiger partial charge is 0.462 e. The lowest BCUT2D eigenvalue weighted by atomic mass is 10.2. The first kappa shape index (κ1) is 14.7. The van der Waals surface area contributed by atoms with Crippen LogP contribution in [0.5, 0.6) is 0 Å². The zero-order chi connectivity index (χ0) is 15.2. The van der Waals surface area contributed by atoms with Crippen LogP contribution in [0.3, 0.4) is 0 Å². The van der Waals surface area contributed by atoms with Gasteiger partial charge in [0, 0.05) is 5.69 Å². The van der Waals surface area contributed by atoms with Crippen molar-refractivity contribution < 1.29 is 14.3 Å². The molecule has 0 bridgehead atoms. The Labute approximate surface area is 121 Å². The van der Waals surface area contributed by atoms with Crippen molar-refractivity contribution in [3.05, 3.63) is 41.5 Å². The molecule has 0 saturated carbocycles. The van der Waals surface area contributed by atoms with Crippen LogP contribution < -0.4 is 5.32 Å². The van der Waals surface area contributed by atoms with Gasteiger partial charge in [0.2, 0.25) is 5.82 Å². The summed E-state index contributed by atoms with van der Waals surface area (Å²) >= 11 is 0. The molecule has 110 valence electrons. The van der Waals surface area contributed by atoms with E-state index < -0.39 is 5.91 Å². The zero-order valence-electron chi connectivity index (χ0n) is 11.8. The fourth-order valence-electron chi connectivity index (χ4n) is 1.60. The Kier molecular flexibility index (Phi) is 4.65. The van der Waals surface area contributed by atoms with Crippen molar-refractivity contribution in [3.8, 4) is 0 Å². The number of carbonyl (C=O) groups excluding carboxylic acids is 2. The number of H-pyrrole nitrogens is 1. The highest BCUT2D eigenvalue weighted by Gasteiger charge is 2.12. The van der Waals surface area contributed by atoms with Crippen LogP contribution in [0.15, 0.2) is 24.3 Å². The summed E-state index contributed by atoms with van der Waals surface area (Å²) < 4.78 is 5.02. The maximum atomic E-state index is 11.8. The van der Waals surface area contributed by atoms with Gasteiger partial charge in [-0.3, -0.25) is 9.89 Å². The molecule has 1 amide bonds. The Bertz CT molecular complexity index is 634. The molecule has 0 aliphatic rings. The topological polar surface area (TPSA) is 97.0 Å². The van der Waals surface area contributed by atoms with Gasteiger partial charge in [0.25, 0.3) is 5.91 Å². The third kappa shape index (κ3) is 3.88. The normalized spacial score (nSPS) is 10.2. The van der Waals surface area contributed by atoms with Gasteiger partial charge in [-0.15, -0.1) is 5.10 Å². The number of amides is 1. The second kappa shape index (κ2) is 6.65. The number of carbonyl (C=O) groups is 2. The maximum Gasteiger partial charge on any atom is 0.338 e. The van der Waals surface area contributed by atoms with Crippen molar-refractivity contribution in [2.45, 2.75) is 20.3 Å². The molecule has 0 fully saturated rings. The highest BCUT2D eigenvalue weighted by molar-refractivity contribution is 6.01. The molecule has 2 rings (SSSR count). The van der Waals surface area contributed by atoms with E-state index in [1.54, 1.807) is 31.2 Å². The SMILES string of the molecule is CCCOC(=O)c1ccc(NC(=O)c2n[nH]c(C)n2)cc1. The minimum absolute atomic E-state index is 0.0685. The minimum atomic E-state index is -0.416. The molecule has 1 aromatic heterocycles. The maximum absolute atomic E-state index is 11.8. The number of ether oxygens (including phenoxy) is 1. The van der Waals surface area contributed by atoms with E-state index in [0.29, 0.717) is 23.7 Å². The monoisotopic (exact) mass is 288 g/mol. The fraction of sp³-hybridized carbons (Fsp3) is 0.286. The average molecular weight is 288 g/mol. The van der Waals surface area contributed by atoms with Gasteiger partial charge in [-0.05, 0) is 37.6 Å². The first-order chi connectivity index (χ1) is 10.1. The fourth-order valence-corrected chi connectivity index (χ4v) is 1.60. The molecule has 0 spiro atoms. The standard InChI is InChI=1S/C14H16N4O3/c1-3-8-21-14(20)10-4-6-11(7-5-10)16-13(19)12-15-9(2)17-18-12/h4-7H,3,8H2,1-2H3,(H,16,19)(H,15,17,18). The van der Waals surface area contributed by atoms with Crippen molar-refractivity contribution in [2.24, 2.45) is 0 Å². The number of benzene rings is 1. The smallest absolute Gasteiger partial charge is 0.338 e. The second-order valence-corrected chi connectivity index (χ2v) is 4.41. The first-order valence-corrected chi connectivity index (χ1v) is 6.57. The van der Waals surface area contributed by atoms with Gasteiger partial charge in [-0.1, -0.05) is 6.92 Å². The number of nitrogens with zero attached hydrogens (tertiary/aromatic N) is 2. The molecule has 0 aliphatic carbocycles. The van der Waals surface area contributed by atoms with Gasteiger partial charge in [0.1, 0.15) is 5.82 Å². The van der Waals surface area contributed by atoms with Gasteiger partial charge >= 0.3 is 5.97 Å². The molecule has 7 heteroatoms. The zero-order valence-corrected chi connectivity index (χ0v) is 11.8. The highest BCUT2D eigenvalue weighted by atomic mass is 16.5. The van der Waals surface area contributed by atoms with Crippen LogP contribution in [0.1, 0.15) is 40.1 Å². The van der Waals surface area contributed by atoms with E-state index >= 15 is 0 Å². The number of aryl methyl sites for hydroxylation is 1. The highest BCUT2D eigenvalue weighted by Crippen LogP contribution is 2.11. The summed E-state index contributed by atoms with van der Waals surface area (Å²) in [5.41, 5.74) is 0.990. The lowest BCUT2D eigenvalue weighted by Crippen LogP contribution is -2.14. The number of anilines is 1. The predicted octanol–water partition coefficient (Wildman–Crippen LogP) is 1.93. The molecule has 2 N–H and O–H groups in total. The third-order valence-electron chi connectivity index (χ3n) is 2.62. The third-order valence-corrected chi connectivity index (χ3v) is 2.62. The van der Waals surface area contributed by atoms with Crippen LogP contribution in [0.25, 0.3) is 0 Å². The van der Waals surface area contributed by atoms with Crippen molar-refractivity contribution in [3.63, 3.8) is 0 Å². The van der Waals surface area contributed by atoms with Gasteiger partial charge < -0.3 is 10.1 Å². The Morgan fingerprint density at radius 3 is 2.57 bits per heavy atom. The summed E-state index contributed by atoms with van der Waals surface area (Å²) in [7, 11) is 0. The minimum Gasteiger partial charge on any atom is -0.462 e. The number of hydrogen-bond acceptors (Lipinski definition) is 5. The molecule has 2 aromatic rings. The lowest BCUT2D eigenvalue weighted by molar-refractivity contribution is 0.0505. The van der Waals surface area contributed by atoms with E-state index in [4.69, 9.17) is 4.74 Å². The van der Waals surface area contributed by atoms with E-state index in [9.17, 15) is 9.59 Å². The van der Waals surface area contributed by atoms with Crippen LogP contribution >= 0.6 is 0 Å². The number of hydrogen-bond donors (Lipinski definition) is 2. The van der Waals surface area contributed by atoms with E-state index in [-0.39, 0.29) is 11.8 Å². The van der Waals surface area contributed by atoms with E-state index in [0.717, 1.165) is 6.42 Å². The van der Waals surface area contributed by atoms with Crippen LogP contribution in [-0.4, -0.2) is 33.7 Å².